The van der Waals surface area contributed by atoms with Crippen LogP contribution in [-0.4, -0.2) is 17.6 Å². The monoisotopic (exact) mass is 294 g/mol. The third-order valence-corrected chi connectivity index (χ3v) is 4.74. The maximum absolute atomic E-state index is 6.42. The number of hydrogen-bond acceptors (Lipinski definition) is 2. The van der Waals surface area contributed by atoms with Gasteiger partial charge in [0.25, 0.3) is 0 Å². The summed E-state index contributed by atoms with van der Waals surface area (Å²) in [7, 11) is 0. The molecule has 2 aromatic carbocycles. The number of likely N-dealkylation sites (tertiary alicyclic amines) is 1. The van der Waals surface area contributed by atoms with Gasteiger partial charge in [-0.25, -0.2) is 0 Å². The zero-order valence-electron chi connectivity index (χ0n) is 13.4. The molecule has 0 aliphatic carbocycles. The van der Waals surface area contributed by atoms with Crippen molar-refractivity contribution in [3.05, 3.63) is 71.3 Å². The number of hydrogen-bond donors (Lipinski definition) is 1. The van der Waals surface area contributed by atoms with Crippen LogP contribution in [0, 0.1) is 12.8 Å². The number of benzene rings is 2. The maximum atomic E-state index is 6.42. The van der Waals surface area contributed by atoms with Crippen LogP contribution in [0.2, 0.25) is 0 Å². The van der Waals surface area contributed by atoms with Crippen molar-refractivity contribution in [1.29, 1.82) is 0 Å². The Kier molecular flexibility index (Phi) is 4.91. The molecule has 2 unspecified atom stereocenters. The molecule has 2 atom stereocenters. The molecule has 2 nitrogen and oxygen atoms in total. The van der Waals surface area contributed by atoms with Crippen LogP contribution in [0.5, 0.6) is 0 Å². The minimum absolute atomic E-state index is 0.185. The normalized spacial score (nSPS) is 22.6. The summed E-state index contributed by atoms with van der Waals surface area (Å²) in [4.78, 5) is 2.42. The van der Waals surface area contributed by atoms with E-state index in [9.17, 15) is 0 Å². The molecule has 1 aliphatic heterocycles. The van der Waals surface area contributed by atoms with Crippen LogP contribution < -0.4 is 5.73 Å². The van der Waals surface area contributed by atoms with Gasteiger partial charge in [-0.05, 0) is 43.2 Å². The van der Waals surface area contributed by atoms with Gasteiger partial charge in [-0.3, -0.25) is 4.90 Å². The highest BCUT2D eigenvalue weighted by Gasteiger charge is 2.25. The molecule has 0 spiro atoms. The first-order valence-corrected chi connectivity index (χ1v) is 8.30. The van der Waals surface area contributed by atoms with Crippen LogP contribution in [0.25, 0.3) is 0 Å². The first-order valence-electron chi connectivity index (χ1n) is 8.30. The zero-order chi connectivity index (χ0) is 15.4. The lowest BCUT2D eigenvalue weighted by molar-refractivity contribution is 0.108. The Hall–Kier alpha value is -1.64. The van der Waals surface area contributed by atoms with Gasteiger partial charge in [0.1, 0.15) is 0 Å². The molecular weight excluding hydrogens is 268 g/mol. The summed E-state index contributed by atoms with van der Waals surface area (Å²) >= 11 is 0. The molecule has 1 aliphatic rings. The molecule has 0 radical (unpaired) electrons. The highest BCUT2D eigenvalue weighted by atomic mass is 15.2. The Labute approximate surface area is 134 Å². The second-order valence-corrected chi connectivity index (χ2v) is 6.60. The number of nitrogens with zero attached hydrogens (tertiary/aromatic N) is 1. The van der Waals surface area contributed by atoms with E-state index in [1.165, 1.54) is 23.1 Å². The van der Waals surface area contributed by atoms with Crippen molar-refractivity contribution in [3.63, 3.8) is 0 Å². The van der Waals surface area contributed by atoms with E-state index in [-0.39, 0.29) is 6.17 Å². The van der Waals surface area contributed by atoms with Gasteiger partial charge in [-0.1, -0.05) is 60.2 Å². The minimum atomic E-state index is 0.185. The number of aryl methyl sites for hydroxylation is 1. The molecule has 2 heteroatoms. The topological polar surface area (TPSA) is 29.3 Å². The predicted molar refractivity (Wildman–Crippen MR) is 92.4 cm³/mol. The smallest absolute Gasteiger partial charge is 0.0577 e. The van der Waals surface area contributed by atoms with Gasteiger partial charge in [0.15, 0.2) is 0 Å². The van der Waals surface area contributed by atoms with Crippen LogP contribution in [0.3, 0.4) is 0 Å². The molecule has 1 fully saturated rings. The van der Waals surface area contributed by atoms with E-state index >= 15 is 0 Å². The van der Waals surface area contributed by atoms with Gasteiger partial charge >= 0.3 is 0 Å². The fraction of sp³-hybridized carbons (Fsp3) is 0.400. The van der Waals surface area contributed by atoms with E-state index in [4.69, 9.17) is 5.73 Å². The summed E-state index contributed by atoms with van der Waals surface area (Å²) < 4.78 is 0. The number of piperidine rings is 1. The van der Waals surface area contributed by atoms with Gasteiger partial charge in [0, 0.05) is 13.1 Å². The molecule has 2 aromatic rings. The summed E-state index contributed by atoms with van der Waals surface area (Å²) in [6, 6.07) is 19.6. The third-order valence-electron chi connectivity index (χ3n) is 4.74. The zero-order valence-corrected chi connectivity index (χ0v) is 13.4. The Morgan fingerprint density at radius 2 is 1.73 bits per heavy atom. The van der Waals surface area contributed by atoms with Gasteiger partial charge in [-0.15, -0.1) is 0 Å². The fourth-order valence-corrected chi connectivity index (χ4v) is 3.38. The van der Waals surface area contributed by atoms with Crippen molar-refractivity contribution in [2.45, 2.75) is 38.9 Å². The fourth-order valence-electron chi connectivity index (χ4n) is 3.38. The molecule has 3 rings (SSSR count). The molecule has 0 aromatic heterocycles. The first kappa shape index (κ1) is 15.3. The van der Waals surface area contributed by atoms with E-state index in [2.05, 4.69) is 66.4 Å². The number of rotatable bonds is 4. The lowest BCUT2D eigenvalue weighted by Crippen LogP contribution is -2.47. The van der Waals surface area contributed by atoms with E-state index in [1.807, 2.05) is 0 Å². The molecule has 116 valence electrons. The molecule has 1 saturated heterocycles. The summed E-state index contributed by atoms with van der Waals surface area (Å²) in [6.45, 7) is 4.22. The van der Waals surface area contributed by atoms with E-state index < -0.39 is 0 Å². The summed E-state index contributed by atoms with van der Waals surface area (Å²) in [5, 5.41) is 0. The molecule has 2 N–H and O–H groups in total. The van der Waals surface area contributed by atoms with Crippen molar-refractivity contribution in [3.8, 4) is 0 Å². The van der Waals surface area contributed by atoms with Crippen molar-refractivity contribution < 1.29 is 0 Å². The average molecular weight is 294 g/mol. The molecule has 0 amide bonds. The lowest BCUT2D eigenvalue weighted by Gasteiger charge is -2.37. The molecule has 0 saturated carbocycles. The SMILES string of the molecule is Cc1ccc(CC2CCN(Cc3ccccc3)C(N)C2)cc1. The average Bonchev–Trinajstić information content (AvgIpc) is 2.53. The van der Waals surface area contributed by atoms with Crippen molar-refractivity contribution in [2.24, 2.45) is 11.7 Å². The molecular formula is C20H26N2. The Balaban J connectivity index is 1.54. The van der Waals surface area contributed by atoms with Crippen molar-refractivity contribution >= 4 is 0 Å². The molecule has 1 heterocycles. The van der Waals surface area contributed by atoms with Crippen LogP contribution in [0.15, 0.2) is 54.6 Å². The van der Waals surface area contributed by atoms with E-state index in [1.54, 1.807) is 0 Å². The van der Waals surface area contributed by atoms with Crippen LogP contribution in [0.4, 0.5) is 0 Å². The van der Waals surface area contributed by atoms with Gasteiger partial charge < -0.3 is 5.73 Å². The third kappa shape index (κ3) is 3.96. The van der Waals surface area contributed by atoms with Gasteiger partial charge in [0.05, 0.1) is 6.17 Å². The summed E-state index contributed by atoms with van der Waals surface area (Å²) in [6.07, 6.45) is 3.69. The van der Waals surface area contributed by atoms with Gasteiger partial charge in [0.2, 0.25) is 0 Å². The largest absolute Gasteiger partial charge is 0.316 e. The van der Waals surface area contributed by atoms with Crippen LogP contribution >= 0.6 is 0 Å². The van der Waals surface area contributed by atoms with Crippen LogP contribution in [0.1, 0.15) is 29.5 Å². The quantitative estimate of drug-likeness (QED) is 0.931. The highest BCUT2D eigenvalue weighted by molar-refractivity contribution is 5.22. The Bertz CT molecular complexity index is 576. The standard InChI is InChI=1S/C20H26N2/c1-16-7-9-17(10-8-16)13-19-11-12-22(20(21)14-19)15-18-5-3-2-4-6-18/h2-10,19-20H,11-15,21H2,1H3. The van der Waals surface area contributed by atoms with Crippen molar-refractivity contribution in [1.82, 2.24) is 4.90 Å². The Morgan fingerprint density at radius 3 is 2.41 bits per heavy atom. The predicted octanol–water partition coefficient (Wildman–Crippen LogP) is 3.73. The van der Waals surface area contributed by atoms with E-state index in [0.29, 0.717) is 5.92 Å². The second kappa shape index (κ2) is 7.08. The van der Waals surface area contributed by atoms with Crippen LogP contribution in [-0.2, 0) is 13.0 Å². The summed E-state index contributed by atoms with van der Waals surface area (Å²) in [5.74, 6) is 0.713. The van der Waals surface area contributed by atoms with E-state index in [0.717, 1.165) is 25.9 Å². The first-order chi connectivity index (χ1) is 10.7. The highest BCUT2D eigenvalue weighted by Crippen LogP contribution is 2.25. The maximum Gasteiger partial charge on any atom is 0.0577 e. The molecule has 0 bridgehead atoms. The molecule has 22 heavy (non-hydrogen) atoms. The Morgan fingerprint density at radius 1 is 1.00 bits per heavy atom. The second-order valence-electron chi connectivity index (χ2n) is 6.60. The number of nitrogens with two attached hydrogens (primary N) is 1. The summed E-state index contributed by atoms with van der Waals surface area (Å²) in [5.41, 5.74) is 10.6. The van der Waals surface area contributed by atoms with Gasteiger partial charge in [-0.2, -0.15) is 0 Å². The lowest BCUT2D eigenvalue weighted by atomic mass is 9.88. The minimum Gasteiger partial charge on any atom is -0.316 e. The van der Waals surface area contributed by atoms with Crippen molar-refractivity contribution in [2.75, 3.05) is 6.54 Å².